The Kier molecular flexibility index (Phi) is 6.59. The van der Waals surface area contributed by atoms with E-state index in [9.17, 15) is 14.0 Å². The molecule has 0 spiro atoms. The lowest BCUT2D eigenvalue weighted by Gasteiger charge is -2.13. The number of nitrogens with one attached hydrogen (secondary N) is 1. The van der Waals surface area contributed by atoms with E-state index < -0.39 is 17.7 Å². The van der Waals surface area contributed by atoms with Crippen LogP contribution >= 0.6 is 23.2 Å². The summed E-state index contributed by atoms with van der Waals surface area (Å²) in [5.74, 6) is -1.65. The van der Waals surface area contributed by atoms with Gasteiger partial charge in [0.1, 0.15) is 11.6 Å². The third kappa shape index (κ3) is 4.72. The Hall–Kier alpha value is -3.09. The molecule has 0 bridgehead atoms. The Morgan fingerprint density at radius 3 is 2.50 bits per heavy atom. The van der Waals surface area contributed by atoms with Crippen LogP contribution in [0.3, 0.4) is 0 Å². The summed E-state index contributed by atoms with van der Waals surface area (Å²) in [6.45, 7) is 0.0784. The number of carbonyl (C=O) groups is 2. The van der Waals surface area contributed by atoms with Crippen LogP contribution in [0.25, 0.3) is 11.1 Å². The largest absolute Gasteiger partial charge is 0.496 e. The quantitative estimate of drug-likeness (QED) is 0.527. The number of carboxylic acids is 1. The zero-order chi connectivity index (χ0) is 21.8. The summed E-state index contributed by atoms with van der Waals surface area (Å²) in [5, 5.41) is 12.5. The summed E-state index contributed by atoms with van der Waals surface area (Å²) in [4.78, 5) is 23.7. The molecule has 1 amide bonds. The van der Waals surface area contributed by atoms with E-state index in [1.807, 2.05) is 0 Å². The molecule has 8 heteroatoms. The number of halogens is 3. The van der Waals surface area contributed by atoms with Crippen molar-refractivity contribution in [2.75, 3.05) is 7.11 Å². The second-order valence-corrected chi connectivity index (χ2v) is 7.18. The van der Waals surface area contributed by atoms with Crippen molar-refractivity contribution < 1.29 is 23.8 Å². The van der Waals surface area contributed by atoms with E-state index in [2.05, 4.69) is 5.32 Å². The number of methoxy groups -OCH3 is 1. The maximum atomic E-state index is 14.3. The Labute approximate surface area is 182 Å². The molecule has 0 aliphatic heterocycles. The molecular weight excluding hydrogens is 432 g/mol. The highest BCUT2D eigenvalue weighted by molar-refractivity contribution is 6.36. The fourth-order valence-electron chi connectivity index (χ4n) is 2.91. The van der Waals surface area contributed by atoms with E-state index in [0.717, 1.165) is 6.07 Å². The molecule has 154 valence electrons. The van der Waals surface area contributed by atoms with E-state index in [-0.39, 0.29) is 28.3 Å². The van der Waals surface area contributed by atoms with Gasteiger partial charge in [0.05, 0.1) is 23.3 Å². The summed E-state index contributed by atoms with van der Waals surface area (Å²) in [6, 6.07) is 13.0. The van der Waals surface area contributed by atoms with Gasteiger partial charge in [-0.25, -0.2) is 9.18 Å². The Morgan fingerprint density at radius 1 is 1.07 bits per heavy atom. The van der Waals surface area contributed by atoms with E-state index in [1.54, 1.807) is 24.3 Å². The lowest BCUT2D eigenvalue weighted by molar-refractivity contribution is 0.0696. The smallest absolute Gasteiger partial charge is 0.335 e. The van der Waals surface area contributed by atoms with Gasteiger partial charge < -0.3 is 15.2 Å². The zero-order valence-corrected chi connectivity index (χ0v) is 17.2. The molecule has 30 heavy (non-hydrogen) atoms. The molecule has 3 rings (SSSR count). The first-order valence-corrected chi connectivity index (χ1v) is 9.49. The summed E-state index contributed by atoms with van der Waals surface area (Å²) in [6.07, 6.45) is 0. The van der Waals surface area contributed by atoms with Crippen LogP contribution in [0.4, 0.5) is 4.39 Å². The molecule has 5 nitrogen and oxygen atoms in total. The lowest BCUT2D eigenvalue weighted by Crippen LogP contribution is -2.23. The van der Waals surface area contributed by atoms with Crippen molar-refractivity contribution in [2.24, 2.45) is 0 Å². The van der Waals surface area contributed by atoms with Gasteiger partial charge in [0.25, 0.3) is 5.91 Å². The van der Waals surface area contributed by atoms with Crippen LogP contribution in [-0.2, 0) is 6.54 Å². The van der Waals surface area contributed by atoms with Crippen molar-refractivity contribution in [1.82, 2.24) is 5.32 Å². The predicted molar refractivity (Wildman–Crippen MR) is 113 cm³/mol. The van der Waals surface area contributed by atoms with Crippen LogP contribution < -0.4 is 10.1 Å². The third-order valence-electron chi connectivity index (χ3n) is 4.42. The number of hydrogen-bond donors (Lipinski definition) is 2. The number of benzene rings is 3. The molecule has 0 fully saturated rings. The molecule has 0 unspecified atom stereocenters. The van der Waals surface area contributed by atoms with Gasteiger partial charge in [-0.2, -0.15) is 0 Å². The van der Waals surface area contributed by atoms with Gasteiger partial charge in [0.15, 0.2) is 0 Å². The normalized spacial score (nSPS) is 10.5. The molecule has 0 aliphatic carbocycles. The van der Waals surface area contributed by atoms with Crippen molar-refractivity contribution in [2.45, 2.75) is 6.54 Å². The van der Waals surface area contributed by atoms with Gasteiger partial charge in [0, 0.05) is 22.7 Å². The lowest BCUT2D eigenvalue weighted by atomic mass is 9.99. The standard InChI is InChI=1S/C22H16Cl2FNO4/c1-30-20-7-3-12(17-9-13(22(28)29)2-6-19(17)25)8-14(20)11-26-21(27)16-5-4-15(23)10-18(16)24/h2-10H,11H2,1H3,(H,26,27)(H,28,29). The maximum Gasteiger partial charge on any atom is 0.335 e. The molecule has 0 radical (unpaired) electrons. The van der Waals surface area contributed by atoms with Crippen LogP contribution in [0.5, 0.6) is 5.75 Å². The van der Waals surface area contributed by atoms with Crippen LogP contribution in [-0.4, -0.2) is 24.1 Å². The van der Waals surface area contributed by atoms with Crippen LogP contribution in [0, 0.1) is 5.82 Å². The van der Waals surface area contributed by atoms with Gasteiger partial charge in [-0.15, -0.1) is 0 Å². The number of carboxylic acid groups (broad SMARTS) is 1. The summed E-state index contributed by atoms with van der Waals surface area (Å²) in [5.41, 5.74) is 1.38. The minimum absolute atomic E-state index is 0.0329. The van der Waals surface area contributed by atoms with Crippen molar-refractivity contribution >= 4 is 35.1 Å². The molecule has 0 aromatic heterocycles. The van der Waals surface area contributed by atoms with Crippen LogP contribution in [0.15, 0.2) is 54.6 Å². The van der Waals surface area contributed by atoms with E-state index in [4.69, 9.17) is 33.0 Å². The minimum atomic E-state index is -1.16. The molecule has 0 saturated heterocycles. The highest BCUT2D eigenvalue weighted by Crippen LogP contribution is 2.29. The predicted octanol–water partition coefficient (Wildman–Crippen LogP) is 5.44. The second-order valence-electron chi connectivity index (χ2n) is 6.33. The first-order chi connectivity index (χ1) is 14.3. The number of rotatable bonds is 6. The third-order valence-corrected chi connectivity index (χ3v) is 4.97. The number of carbonyl (C=O) groups excluding carboxylic acids is 1. The molecule has 0 saturated carbocycles. The molecule has 0 heterocycles. The minimum Gasteiger partial charge on any atom is -0.496 e. The van der Waals surface area contributed by atoms with E-state index in [0.29, 0.717) is 21.9 Å². The van der Waals surface area contributed by atoms with Gasteiger partial charge in [-0.3, -0.25) is 4.79 Å². The summed E-state index contributed by atoms with van der Waals surface area (Å²) >= 11 is 11.9. The summed E-state index contributed by atoms with van der Waals surface area (Å²) < 4.78 is 19.6. The van der Waals surface area contributed by atoms with Crippen molar-refractivity contribution in [1.29, 1.82) is 0 Å². The molecule has 2 N–H and O–H groups in total. The number of ether oxygens (including phenoxy) is 1. The maximum absolute atomic E-state index is 14.3. The Bertz CT molecular complexity index is 1130. The van der Waals surface area contributed by atoms with Crippen molar-refractivity contribution in [3.63, 3.8) is 0 Å². The Morgan fingerprint density at radius 2 is 1.83 bits per heavy atom. The average Bonchev–Trinajstić information content (AvgIpc) is 2.72. The monoisotopic (exact) mass is 447 g/mol. The fraction of sp³-hybridized carbons (Fsp3) is 0.0909. The summed E-state index contributed by atoms with van der Waals surface area (Å²) in [7, 11) is 1.47. The van der Waals surface area contributed by atoms with Crippen molar-refractivity contribution in [3.05, 3.63) is 87.2 Å². The van der Waals surface area contributed by atoms with Crippen LogP contribution in [0.1, 0.15) is 26.3 Å². The van der Waals surface area contributed by atoms with E-state index >= 15 is 0 Å². The number of aromatic carboxylic acids is 1. The molecular formula is C22H16Cl2FNO4. The molecule has 0 atom stereocenters. The first-order valence-electron chi connectivity index (χ1n) is 8.73. The Balaban J connectivity index is 1.89. The second kappa shape index (κ2) is 9.15. The molecule has 3 aromatic rings. The molecule has 3 aromatic carbocycles. The van der Waals surface area contributed by atoms with Gasteiger partial charge in [-0.1, -0.05) is 29.3 Å². The highest BCUT2D eigenvalue weighted by Gasteiger charge is 2.15. The average molecular weight is 448 g/mol. The topological polar surface area (TPSA) is 75.6 Å². The molecule has 0 aliphatic rings. The number of amides is 1. The SMILES string of the molecule is COc1ccc(-c2cc(C(=O)O)ccc2F)cc1CNC(=O)c1ccc(Cl)cc1Cl. The van der Waals surface area contributed by atoms with Gasteiger partial charge in [-0.05, 0) is 54.1 Å². The van der Waals surface area contributed by atoms with Crippen molar-refractivity contribution in [3.8, 4) is 16.9 Å². The van der Waals surface area contributed by atoms with Gasteiger partial charge in [0.2, 0.25) is 0 Å². The van der Waals surface area contributed by atoms with E-state index in [1.165, 1.54) is 31.4 Å². The van der Waals surface area contributed by atoms with Gasteiger partial charge >= 0.3 is 5.97 Å². The first kappa shape index (κ1) is 21.6. The van der Waals surface area contributed by atoms with Crippen LogP contribution in [0.2, 0.25) is 10.0 Å². The number of hydrogen-bond acceptors (Lipinski definition) is 3. The fourth-order valence-corrected chi connectivity index (χ4v) is 3.40. The zero-order valence-electron chi connectivity index (χ0n) is 15.7. The highest BCUT2D eigenvalue weighted by atomic mass is 35.5.